The van der Waals surface area contributed by atoms with E-state index in [1.807, 2.05) is 4.90 Å². The van der Waals surface area contributed by atoms with E-state index in [-0.39, 0.29) is 59.7 Å². The van der Waals surface area contributed by atoms with E-state index in [0.717, 1.165) is 31.7 Å². The maximum absolute atomic E-state index is 15.2. The standard InChI is InChI=1S/C34H50F2N4O4.ClH/c1-22(41)40(24-9-11-34(5,6)12-10-24)25-18-30(32(43)37-13-15-44-16-14-37)39(19-25)31(42)28-21-38(33(2,3)4)20-27(28)26-8-7-23(35)17-29(26)36;/h7-8,17,24-25,27-28,30H,9-16,18-21H2,1-6H3;1H/t25-,27-,28+,30-;/m0./s1. The molecule has 45 heavy (non-hydrogen) atoms. The molecule has 0 aromatic heterocycles. The number of carbonyl (C=O) groups excluding carboxylic acids is 3. The fraction of sp³-hybridized carbons (Fsp3) is 0.735. The predicted octanol–water partition coefficient (Wildman–Crippen LogP) is 4.85. The number of morpholine rings is 1. The van der Waals surface area contributed by atoms with Gasteiger partial charge in [-0.25, -0.2) is 8.78 Å². The maximum Gasteiger partial charge on any atom is 0.245 e. The number of ether oxygens (including phenoxy) is 1. The third-order valence-electron chi connectivity index (χ3n) is 10.6. The molecule has 0 unspecified atom stereocenters. The number of hydrogen-bond acceptors (Lipinski definition) is 5. The number of halogens is 3. The average molecular weight is 653 g/mol. The van der Waals surface area contributed by atoms with E-state index in [4.69, 9.17) is 4.74 Å². The molecule has 0 bridgehead atoms. The Labute approximate surface area is 273 Å². The summed E-state index contributed by atoms with van der Waals surface area (Å²) in [7, 11) is 0. The Hall–Kier alpha value is -2.30. The topological polar surface area (TPSA) is 73.4 Å². The van der Waals surface area contributed by atoms with Crippen molar-refractivity contribution in [2.75, 3.05) is 45.9 Å². The highest BCUT2D eigenvalue weighted by molar-refractivity contribution is 5.90. The summed E-state index contributed by atoms with van der Waals surface area (Å²) in [4.78, 5) is 49.5. The van der Waals surface area contributed by atoms with Crippen molar-refractivity contribution >= 4 is 30.1 Å². The molecule has 5 rings (SSSR count). The number of nitrogens with zero attached hydrogens (tertiary/aromatic N) is 4. The number of carbonyl (C=O) groups is 3. The van der Waals surface area contributed by atoms with Crippen LogP contribution in [0.3, 0.4) is 0 Å². The molecule has 4 aliphatic rings. The molecule has 4 atom stereocenters. The normalized spacial score (nSPS) is 27.7. The van der Waals surface area contributed by atoms with Crippen LogP contribution < -0.4 is 0 Å². The summed E-state index contributed by atoms with van der Waals surface area (Å²) in [5.41, 5.74) is 0.274. The van der Waals surface area contributed by atoms with E-state index in [9.17, 15) is 18.8 Å². The van der Waals surface area contributed by atoms with Crippen molar-refractivity contribution in [2.45, 2.75) is 103 Å². The van der Waals surface area contributed by atoms with Crippen LogP contribution in [-0.2, 0) is 19.1 Å². The second-order valence-corrected chi connectivity index (χ2v) is 15.1. The van der Waals surface area contributed by atoms with Crippen LogP contribution in [-0.4, -0.2) is 107 Å². The van der Waals surface area contributed by atoms with Gasteiger partial charge >= 0.3 is 0 Å². The van der Waals surface area contributed by atoms with Gasteiger partial charge in [0.15, 0.2) is 0 Å². The zero-order valence-electron chi connectivity index (χ0n) is 27.7. The SMILES string of the molecule is CC(=O)N(C1CCC(C)(C)CC1)[C@H]1C[C@@H](C(=O)N2CCOCC2)N(C(=O)[C@@H]2CN(C(C)(C)C)C[C@H]2c2ccc(F)cc2F)C1.Cl. The Morgan fingerprint density at radius 2 is 1.60 bits per heavy atom. The molecule has 8 nitrogen and oxygen atoms in total. The molecule has 3 amide bonds. The van der Waals surface area contributed by atoms with Gasteiger partial charge in [0.2, 0.25) is 17.7 Å². The van der Waals surface area contributed by atoms with Gasteiger partial charge in [-0.15, -0.1) is 12.4 Å². The molecule has 1 aromatic carbocycles. The van der Waals surface area contributed by atoms with E-state index in [0.29, 0.717) is 51.4 Å². The van der Waals surface area contributed by atoms with Crippen molar-refractivity contribution in [2.24, 2.45) is 11.3 Å². The average Bonchev–Trinajstić information content (AvgIpc) is 3.59. The third kappa shape index (κ3) is 7.65. The van der Waals surface area contributed by atoms with Crippen molar-refractivity contribution in [3.63, 3.8) is 0 Å². The van der Waals surface area contributed by atoms with Gasteiger partial charge in [-0.05, 0) is 69.9 Å². The first-order valence-electron chi connectivity index (χ1n) is 16.3. The fourth-order valence-corrected chi connectivity index (χ4v) is 7.89. The lowest BCUT2D eigenvalue weighted by atomic mass is 9.75. The van der Waals surface area contributed by atoms with E-state index in [1.165, 1.54) is 12.1 Å². The van der Waals surface area contributed by atoms with Gasteiger partial charge in [-0.3, -0.25) is 19.3 Å². The molecule has 11 heteroatoms. The molecule has 0 spiro atoms. The number of hydrogen-bond donors (Lipinski definition) is 0. The summed E-state index contributed by atoms with van der Waals surface area (Å²) in [5.74, 6) is -2.78. The Bertz CT molecular complexity index is 1240. The first-order valence-corrected chi connectivity index (χ1v) is 16.3. The third-order valence-corrected chi connectivity index (χ3v) is 10.6. The molecule has 4 fully saturated rings. The molecule has 3 aliphatic heterocycles. The molecule has 1 saturated carbocycles. The van der Waals surface area contributed by atoms with Gasteiger partial charge in [0.1, 0.15) is 17.7 Å². The molecule has 3 saturated heterocycles. The van der Waals surface area contributed by atoms with Gasteiger partial charge in [0, 0.05) is 63.2 Å². The summed E-state index contributed by atoms with van der Waals surface area (Å²) in [6.45, 7) is 15.2. The van der Waals surface area contributed by atoms with Gasteiger partial charge in [-0.1, -0.05) is 19.9 Å². The molecular formula is C34H51ClF2N4O4. The van der Waals surface area contributed by atoms with Gasteiger partial charge in [0.05, 0.1) is 25.2 Å². The van der Waals surface area contributed by atoms with Crippen molar-refractivity contribution in [1.29, 1.82) is 0 Å². The molecule has 1 aliphatic carbocycles. The second-order valence-electron chi connectivity index (χ2n) is 15.1. The van der Waals surface area contributed by atoms with Crippen molar-refractivity contribution in [1.82, 2.24) is 19.6 Å². The van der Waals surface area contributed by atoms with E-state index in [2.05, 4.69) is 39.5 Å². The van der Waals surface area contributed by atoms with Crippen LogP contribution in [0.1, 0.15) is 85.1 Å². The minimum atomic E-state index is -0.713. The lowest BCUT2D eigenvalue weighted by Crippen LogP contribution is -2.52. The molecule has 3 heterocycles. The van der Waals surface area contributed by atoms with Crippen molar-refractivity contribution < 1.29 is 27.9 Å². The Morgan fingerprint density at radius 3 is 2.18 bits per heavy atom. The minimum absolute atomic E-state index is 0. The molecule has 1 aromatic rings. The first kappa shape index (κ1) is 35.6. The van der Waals surface area contributed by atoms with Crippen molar-refractivity contribution in [3.8, 4) is 0 Å². The zero-order valence-corrected chi connectivity index (χ0v) is 28.5. The van der Waals surface area contributed by atoms with Gasteiger partial charge in [0.25, 0.3) is 0 Å². The van der Waals surface area contributed by atoms with Crippen LogP contribution in [0, 0.1) is 23.0 Å². The first-order chi connectivity index (χ1) is 20.7. The molecule has 0 radical (unpaired) electrons. The quantitative estimate of drug-likeness (QED) is 0.455. The second kappa shape index (κ2) is 13.8. The predicted molar refractivity (Wildman–Crippen MR) is 171 cm³/mol. The largest absolute Gasteiger partial charge is 0.378 e. The number of likely N-dealkylation sites (tertiary alicyclic amines) is 2. The lowest BCUT2D eigenvalue weighted by molar-refractivity contribution is -0.148. The highest BCUT2D eigenvalue weighted by Crippen LogP contribution is 2.42. The van der Waals surface area contributed by atoms with Crippen LogP contribution in [0.25, 0.3) is 0 Å². The number of rotatable bonds is 5. The van der Waals surface area contributed by atoms with Crippen LogP contribution >= 0.6 is 12.4 Å². The van der Waals surface area contributed by atoms with Crippen LogP contribution in [0.15, 0.2) is 18.2 Å². The van der Waals surface area contributed by atoms with E-state index < -0.39 is 29.5 Å². The zero-order chi connectivity index (χ0) is 32.0. The smallest absolute Gasteiger partial charge is 0.245 e. The summed E-state index contributed by atoms with van der Waals surface area (Å²) >= 11 is 0. The van der Waals surface area contributed by atoms with Gasteiger partial charge < -0.3 is 19.4 Å². The Balaban J connectivity index is 0.00000461. The summed E-state index contributed by atoms with van der Waals surface area (Å²) in [5, 5.41) is 0. The maximum atomic E-state index is 15.2. The Morgan fingerprint density at radius 1 is 0.956 bits per heavy atom. The molecular weight excluding hydrogens is 602 g/mol. The van der Waals surface area contributed by atoms with Crippen LogP contribution in [0.4, 0.5) is 8.78 Å². The summed E-state index contributed by atoms with van der Waals surface area (Å²) in [6, 6.07) is 2.65. The summed E-state index contributed by atoms with van der Waals surface area (Å²) < 4.78 is 34.6. The van der Waals surface area contributed by atoms with E-state index >= 15 is 4.39 Å². The Kier molecular flexibility index (Phi) is 10.9. The van der Waals surface area contributed by atoms with Crippen LogP contribution in [0.5, 0.6) is 0 Å². The lowest BCUT2D eigenvalue weighted by Gasteiger charge is -2.42. The fourth-order valence-electron chi connectivity index (χ4n) is 7.89. The molecule has 252 valence electrons. The highest BCUT2D eigenvalue weighted by atomic mass is 35.5. The van der Waals surface area contributed by atoms with Crippen LogP contribution in [0.2, 0.25) is 0 Å². The minimum Gasteiger partial charge on any atom is -0.378 e. The van der Waals surface area contributed by atoms with Gasteiger partial charge in [-0.2, -0.15) is 0 Å². The summed E-state index contributed by atoms with van der Waals surface area (Å²) in [6.07, 6.45) is 4.21. The van der Waals surface area contributed by atoms with Crippen molar-refractivity contribution in [3.05, 3.63) is 35.4 Å². The number of benzene rings is 1. The molecule has 0 N–H and O–H groups in total. The monoisotopic (exact) mass is 652 g/mol. The number of amides is 3. The van der Waals surface area contributed by atoms with E-state index in [1.54, 1.807) is 16.7 Å². The highest BCUT2D eigenvalue weighted by Gasteiger charge is 2.51.